The normalized spacial score (nSPS) is 12.4. The number of aromatic nitrogens is 3. The van der Waals surface area contributed by atoms with Crippen LogP contribution < -0.4 is 10.5 Å². The Labute approximate surface area is 93.8 Å². The zero-order chi connectivity index (χ0) is 11.5. The molecule has 2 N–H and O–H groups in total. The van der Waals surface area contributed by atoms with Gasteiger partial charge in [0.2, 0.25) is 0 Å². The first kappa shape index (κ1) is 10.6. The molecule has 2 rings (SSSR count). The third kappa shape index (κ3) is 1.90. The number of benzene rings is 1. The number of ether oxygens (including phenoxy) is 1. The zero-order valence-electron chi connectivity index (χ0n) is 9.29. The Morgan fingerprint density at radius 3 is 2.50 bits per heavy atom. The first-order valence-electron chi connectivity index (χ1n) is 4.96. The number of hydrogen-bond acceptors (Lipinski definition) is 4. The Morgan fingerprint density at radius 1 is 1.31 bits per heavy atom. The van der Waals surface area contributed by atoms with Gasteiger partial charge in [0.15, 0.2) is 0 Å². The maximum atomic E-state index is 6.11. The van der Waals surface area contributed by atoms with Gasteiger partial charge in [-0.2, -0.15) is 0 Å². The van der Waals surface area contributed by atoms with Gasteiger partial charge in [-0.3, -0.25) is 4.68 Å². The Kier molecular flexibility index (Phi) is 2.87. The Balaban J connectivity index is 2.27. The van der Waals surface area contributed by atoms with Crippen molar-refractivity contribution < 1.29 is 4.74 Å². The number of rotatable bonds is 3. The molecule has 0 radical (unpaired) electrons. The lowest BCUT2D eigenvalue weighted by molar-refractivity contribution is 0.414. The second-order valence-corrected chi connectivity index (χ2v) is 3.53. The molecule has 0 saturated carbocycles. The fraction of sp³-hybridized carbons (Fsp3) is 0.273. The summed E-state index contributed by atoms with van der Waals surface area (Å²) in [6.07, 6.45) is 1.68. The average Bonchev–Trinajstić information content (AvgIpc) is 2.75. The number of aryl methyl sites for hydroxylation is 1. The van der Waals surface area contributed by atoms with Crippen molar-refractivity contribution in [1.29, 1.82) is 0 Å². The first-order valence-corrected chi connectivity index (χ1v) is 4.96. The van der Waals surface area contributed by atoms with Gasteiger partial charge in [-0.25, -0.2) is 0 Å². The second kappa shape index (κ2) is 4.32. The van der Waals surface area contributed by atoms with E-state index in [2.05, 4.69) is 10.3 Å². The monoisotopic (exact) mass is 218 g/mol. The van der Waals surface area contributed by atoms with Crippen LogP contribution in [0.1, 0.15) is 17.3 Å². The molecule has 1 aromatic carbocycles. The smallest absolute Gasteiger partial charge is 0.118 e. The third-order valence-electron chi connectivity index (χ3n) is 2.54. The van der Waals surface area contributed by atoms with Crippen LogP contribution in [0.5, 0.6) is 5.75 Å². The highest BCUT2D eigenvalue weighted by atomic mass is 16.5. The Bertz CT molecular complexity index is 463. The number of hydrogen-bond donors (Lipinski definition) is 1. The van der Waals surface area contributed by atoms with E-state index in [1.807, 2.05) is 31.3 Å². The van der Waals surface area contributed by atoms with Gasteiger partial charge in [0.1, 0.15) is 5.75 Å². The van der Waals surface area contributed by atoms with Gasteiger partial charge >= 0.3 is 0 Å². The molecule has 0 aliphatic heterocycles. The summed E-state index contributed by atoms with van der Waals surface area (Å²) in [5.74, 6) is 0.819. The molecular weight excluding hydrogens is 204 g/mol. The molecule has 1 aromatic heterocycles. The summed E-state index contributed by atoms with van der Waals surface area (Å²) in [7, 11) is 3.46. The van der Waals surface area contributed by atoms with E-state index in [0.29, 0.717) is 0 Å². The molecule has 0 amide bonds. The van der Waals surface area contributed by atoms with Gasteiger partial charge in [0.05, 0.1) is 25.0 Å². The third-order valence-corrected chi connectivity index (χ3v) is 2.54. The largest absolute Gasteiger partial charge is 0.497 e. The summed E-state index contributed by atoms with van der Waals surface area (Å²) < 4.78 is 6.77. The van der Waals surface area contributed by atoms with Crippen molar-refractivity contribution in [2.75, 3.05) is 7.11 Å². The van der Waals surface area contributed by atoms with Gasteiger partial charge in [-0.05, 0) is 17.7 Å². The lowest BCUT2D eigenvalue weighted by Crippen LogP contribution is -2.15. The van der Waals surface area contributed by atoms with E-state index in [-0.39, 0.29) is 6.04 Å². The summed E-state index contributed by atoms with van der Waals surface area (Å²) in [6, 6.07) is 7.44. The van der Waals surface area contributed by atoms with E-state index >= 15 is 0 Å². The molecule has 0 aliphatic rings. The van der Waals surface area contributed by atoms with Crippen molar-refractivity contribution in [3.05, 3.63) is 41.7 Å². The van der Waals surface area contributed by atoms with Crippen molar-refractivity contribution in [2.45, 2.75) is 6.04 Å². The minimum Gasteiger partial charge on any atom is -0.497 e. The van der Waals surface area contributed by atoms with Gasteiger partial charge in [0.25, 0.3) is 0 Å². The van der Waals surface area contributed by atoms with Gasteiger partial charge in [-0.1, -0.05) is 17.3 Å². The second-order valence-electron chi connectivity index (χ2n) is 3.53. The molecule has 5 nitrogen and oxygen atoms in total. The van der Waals surface area contributed by atoms with Crippen LogP contribution in [0.25, 0.3) is 0 Å². The summed E-state index contributed by atoms with van der Waals surface area (Å²) in [6.45, 7) is 0. The van der Waals surface area contributed by atoms with Crippen LogP contribution in [-0.2, 0) is 7.05 Å². The molecular formula is C11H14N4O. The molecule has 0 spiro atoms. The molecule has 1 unspecified atom stereocenters. The maximum Gasteiger partial charge on any atom is 0.118 e. The van der Waals surface area contributed by atoms with E-state index in [0.717, 1.165) is 17.0 Å². The molecule has 0 saturated heterocycles. The summed E-state index contributed by atoms with van der Waals surface area (Å²) in [5.41, 5.74) is 8.00. The standard InChI is InChI=1S/C11H14N4O/c1-15-10(7-13-14-15)11(12)8-3-5-9(16-2)6-4-8/h3-7,11H,12H2,1-2H3. The van der Waals surface area contributed by atoms with E-state index in [1.54, 1.807) is 18.0 Å². The highest BCUT2D eigenvalue weighted by Gasteiger charge is 2.12. The molecule has 16 heavy (non-hydrogen) atoms. The lowest BCUT2D eigenvalue weighted by atomic mass is 10.1. The van der Waals surface area contributed by atoms with Crippen molar-refractivity contribution in [3.8, 4) is 5.75 Å². The lowest BCUT2D eigenvalue weighted by Gasteiger charge is -2.11. The highest BCUT2D eigenvalue weighted by Crippen LogP contribution is 2.20. The first-order chi connectivity index (χ1) is 7.72. The molecule has 0 aliphatic carbocycles. The molecule has 2 aromatic rings. The molecule has 1 heterocycles. The predicted octanol–water partition coefficient (Wildman–Crippen LogP) is 0.872. The van der Waals surface area contributed by atoms with E-state index < -0.39 is 0 Å². The van der Waals surface area contributed by atoms with Crippen molar-refractivity contribution in [3.63, 3.8) is 0 Å². The molecule has 0 fully saturated rings. The van der Waals surface area contributed by atoms with Gasteiger partial charge in [-0.15, -0.1) is 5.10 Å². The van der Waals surface area contributed by atoms with E-state index in [9.17, 15) is 0 Å². The molecule has 84 valence electrons. The van der Waals surface area contributed by atoms with Gasteiger partial charge < -0.3 is 10.5 Å². The Morgan fingerprint density at radius 2 is 2.00 bits per heavy atom. The van der Waals surface area contributed by atoms with Crippen molar-refractivity contribution in [2.24, 2.45) is 12.8 Å². The van der Waals surface area contributed by atoms with Crippen molar-refractivity contribution >= 4 is 0 Å². The number of nitrogens with two attached hydrogens (primary N) is 1. The maximum absolute atomic E-state index is 6.11. The quantitative estimate of drug-likeness (QED) is 0.830. The van der Waals surface area contributed by atoms with Crippen LogP contribution in [0.2, 0.25) is 0 Å². The fourth-order valence-corrected chi connectivity index (χ4v) is 1.56. The summed E-state index contributed by atoms with van der Waals surface area (Å²) in [5, 5.41) is 7.67. The minimum atomic E-state index is -0.217. The SMILES string of the molecule is COc1ccc(C(N)c2cnnn2C)cc1. The summed E-state index contributed by atoms with van der Waals surface area (Å²) in [4.78, 5) is 0. The van der Waals surface area contributed by atoms with Crippen LogP contribution in [0.4, 0.5) is 0 Å². The molecule has 0 bridgehead atoms. The predicted molar refractivity (Wildman–Crippen MR) is 60.0 cm³/mol. The van der Waals surface area contributed by atoms with Crippen LogP contribution >= 0.6 is 0 Å². The van der Waals surface area contributed by atoms with Crippen molar-refractivity contribution in [1.82, 2.24) is 15.0 Å². The average molecular weight is 218 g/mol. The zero-order valence-corrected chi connectivity index (χ0v) is 9.29. The Hall–Kier alpha value is -1.88. The van der Waals surface area contributed by atoms with Crippen LogP contribution in [-0.4, -0.2) is 22.1 Å². The topological polar surface area (TPSA) is 66.0 Å². The van der Waals surface area contributed by atoms with E-state index in [4.69, 9.17) is 10.5 Å². The van der Waals surface area contributed by atoms with Crippen LogP contribution in [0.3, 0.4) is 0 Å². The number of methoxy groups -OCH3 is 1. The molecule has 1 atom stereocenters. The molecule has 5 heteroatoms. The highest BCUT2D eigenvalue weighted by molar-refractivity contribution is 5.32. The minimum absolute atomic E-state index is 0.217. The van der Waals surface area contributed by atoms with Gasteiger partial charge in [0, 0.05) is 7.05 Å². The van der Waals surface area contributed by atoms with E-state index in [1.165, 1.54) is 0 Å². The van der Waals surface area contributed by atoms with Crippen LogP contribution in [0.15, 0.2) is 30.5 Å². The van der Waals surface area contributed by atoms with Crippen LogP contribution in [0, 0.1) is 0 Å². The fourth-order valence-electron chi connectivity index (χ4n) is 1.56. The summed E-state index contributed by atoms with van der Waals surface area (Å²) >= 11 is 0. The number of nitrogens with zero attached hydrogens (tertiary/aromatic N) is 3.